The summed E-state index contributed by atoms with van der Waals surface area (Å²) in [5.74, 6) is -2.76. The third kappa shape index (κ3) is 4.79. The minimum atomic E-state index is -4.88. The maximum atomic E-state index is 12.9. The number of benzene rings is 2. The second-order valence-corrected chi connectivity index (χ2v) is 7.79. The monoisotopic (exact) mass is 456 g/mol. The van der Waals surface area contributed by atoms with Crippen molar-refractivity contribution < 1.29 is 35.9 Å². The third-order valence-electron chi connectivity index (χ3n) is 4.77. The number of carbonyl (C=O) groups excluding carboxylic acids is 1. The van der Waals surface area contributed by atoms with Gasteiger partial charge in [0.1, 0.15) is 5.69 Å². The predicted molar refractivity (Wildman–Crippen MR) is 105 cm³/mol. The fraction of sp³-hybridized carbons (Fsp3) is 0.273. The Labute approximate surface area is 179 Å². The molecule has 0 bridgehead atoms. The zero-order valence-electron chi connectivity index (χ0n) is 17.0. The molecule has 0 saturated carbocycles. The zero-order valence-corrected chi connectivity index (χ0v) is 17.0. The number of esters is 1. The maximum absolute atomic E-state index is 12.9. The quantitative estimate of drug-likeness (QED) is 0.255. The fourth-order valence-electron chi connectivity index (χ4n) is 3.03. The average molecular weight is 456 g/mol. The molecular formula is C22H18F6N2O2. The highest BCUT2D eigenvalue weighted by molar-refractivity contribution is 5.93. The van der Waals surface area contributed by atoms with Crippen molar-refractivity contribution in [3.8, 4) is 11.3 Å². The van der Waals surface area contributed by atoms with Crippen molar-refractivity contribution >= 4 is 16.9 Å². The van der Waals surface area contributed by atoms with Crippen LogP contribution in [0, 0.1) is 5.41 Å². The highest BCUT2D eigenvalue weighted by atomic mass is 19.4. The van der Waals surface area contributed by atoms with Gasteiger partial charge in [-0.25, -0.2) is 0 Å². The van der Waals surface area contributed by atoms with Crippen LogP contribution in [0.15, 0.2) is 60.9 Å². The Balaban J connectivity index is 1.95. The van der Waals surface area contributed by atoms with Crippen LogP contribution >= 0.6 is 0 Å². The van der Waals surface area contributed by atoms with Crippen molar-refractivity contribution in [1.29, 1.82) is 0 Å². The highest BCUT2D eigenvalue weighted by Crippen LogP contribution is 2.34. The van der Waals surface area contributed by atoms with E-state index in [0.717, 1.165) is 12.1 Å². The number of fused-ring (bicyclic) bond motifs is 1. The number of para-hydroxylation sites is 1. The topological polar surface area (TPSA) is 44.1 Å². The summed E-state index contributed by atoms with van der Waals surface area (Å²) in [5.41, 5.74) is -0.880. The van der Waals surface area contributed by atoms with Gasteiger partial charge in [0.25, 0.3) is 0 Å². The van der Waals surface area contributed by atoms with Gasteiger partial charge in [0, 0.05) is 10.9 Å². The molecule has 170 valence electrons. The first-order valence-electron chi connectivity index (χ1n) is 9.32. The van der Waals surface area contributed by atoms with Crippen LogP contribution < -0.4 is 0 Å². The van der Waals surface area contributed by atoms with Gasteiger partial charge in [0.2, 0.25) is 5.76 Å². The Morgan fingerprint density at radius 1 is 1.00 bits per heavy atom. The molecule has 0 amide bonds. The lowest BCUT2D eigenvalue weighted by atomic mass is 9.93. The van der Waals surface area contributed by atoms with Gasteiger partial charge in [-0.1, -0.05) is 36.9 Å². The van der Waals surface area contributed by atoms with Crippen molar-refractivity contribution in [2.45, 2.75) is 32.7 Å². The van der Waals surface area contributed by atoms with Crippen molar-refractivity contribution in [3.63, 3.8) is 0 Å². The zero-order chi connectivity index (χ0) is 23.9. The normalized spacial score (nSPS) is 12.8. The van der Waals surface area contributed by atoms with E-state index < -0.39 is 35.1 Å². The van der Waals surface area contributed by atoms with E-state index in [1.165, 1.54) is 30.7 Å². The number of rotatable bonds is 5. The van der Waals surface area contributed by atoms with Gasteiger partial charge < -0.3 is 4.74 Å². The molecule has 32 heavy (non-hydrogen) atoms. The summed E-state index contributed by atoms with van der Waals surface area (Å²) < 4.78 is 82.4. The number of allylic oxidation sites excluding steroid dienone is 1. The molecule has 0 fully saturated rings. The first kappa shape index (κ1) is 23.4. The van der Waals surface area contributed by atoms with E-state index in [0.29, 0.717) is 22.2 Å². The predicted octanol–water partition coefficient (Wildman–Crippen LogP) is 6.37. The minimum Gasteiger partial charge on any atom is -0.422 e. The maximum Gasteiger partial charge on any atom is 0.449 e. The Hall–Kier alpha value is -3.30. The van der Waals surface area contributed by atoms with Crippen molar-refractivity contribution in [3.05, 3.63) is 66.4 Å². The second kappa shape index (κ2) is 7.99. The van der Waals surface area contributed by atoms with E-state index in [4.69, 9.17) is 0 Å². The fourth-order valence-corrected chi connectivity index (χ4v) is 3.03. The van der Waals surface area contributed by atoms with E-state index >= 15 is 0 Å². The molecule has 0 aliphatic carbocycles. The lowest BCUT2D eigenvalue weighted by Crippen LogP contribution is -2.33. The summed E-state index contributed by atoms with van der Waals surface area (Å²) in [4.78, 5) is 12.3. The van der Waals surface area contributed by atoms with Crippen LogP contribution in [0.1, 0.15) is 19.4 Å². The van der Waals surface area contributed by atoms with E-state index in [9.17, 15) is 31.1 Å². The van der Waals surface area contributed by atoms with Gasteiger partial charge in [-0.05, 0) is 32.0 Å². The summed E-state index contributed by atoms with van der Waals surface area (Å²) >= 11 is 0. The summed E-state index contributed by atoms with van der Waals surface area (Å²) in [6, 6.07) is 11.3. The molecule has 1 aromatic heterocycles. The van der Waals surface area contributed by atoms with Crippen molar-refractivity contribution in [2.24, 2.45) is 5.41 Å². The van der Waals surface area contributed by atoms with Gasteiger partial charge >= 0.3 is 18.3 Å². The van der Waals surface area contributed by atoms with Crippen molar-refractivity contribution in [2.75, 3.05) is 0 Å². The highest BCUT2D eigenvalue weighted by Gasteiger charge is 2.40. The molecule has 0 spiro atoms. The molecule has 0 saturated heterocycles. The summed E-state index contributed by atoms with van der Waals surface area (Å²) in [6.07, 6.45) is -9.36. The Bertz CT molecular complexity index is 1160. The molecule has 3 aromatic rings. The number of alkyl halides is 6. The van der Waals surface area contributed by atoms with Gasteiger partial charge in [0.05, 0.1) is 23.0 Å². The first-order chi connectivity index (χ1) is 14.7. The average Bonchev–Trinajstić information content (AvgIpc) is 3.04. The van der Waals surface area contributed by atoms with Gasteiger partial charge in [-0.15, -0.1) is 0 Å². The standard InChI is InChI=1S/C22H18F6N2O2/c1-13(21(23,24)25)32-19(31)20(2,3)12-30-17-7-5-4-6-16(17)18(29-30)14-8-10-15(11-9-14)22(26,27)28/h4-11H,1,12H2,2-3H3. The van der Waals surface area contributed by atoms with Crippen LogP contribution in [-0.4, -0.2) is 21.9 Å². The van der Waals surface area contributed by atoms with Crippen LogP contribution in [0.25, 0.3) is 22.2 Å². The molecule has 0 aliphatic rings. The smallest absolute Gasteiger partial charge is 0.422 e. The SMILES string of the molecule is C=C(OC(=O)C(C)(C)Cn1nc(-c2ccc(C(F)(F)F)cc2)c2ccccc21)C(F)(F)F. The molecule has 0 atom stereocenters. The molecule has 4 nitrogen and oxygen atoms in total. The largest absolute Gasteiger partial charge is 0.449 e. The lowest BCUT2D eigenvalue weighted by molar-refractivity contribution is -0.168. The Kier molecular flexibility index (Phi) is 5.84. The third-order valence-corrected chi connectivity index (χ3v) is 4.77. The first-order valence-corrected chi connectivity index (χ1v) is 9.32. The van der Waals surface area contributed by atoms with E-state index in [-0.39, 0.29) is 6.54 Å². The molecule has 1 heterocycles. The van der Waals surface area contributed by atoms with Crippen LogP contribution in [0.3, 0.4) is 0 Å². The molecule has 3 rings (SSSR count). The Morgan fingerprint density at radius 3 is 2.16 bits per heavy atom. The van der Waals surface area contributed by atoms with E-state index in [1.54, 1.807) is 24.3 Å². The minimum absolute atomic E-state index is 0.141. The molecule has 0 N–H and O–H groups in total. The Morgan fingerprint density at radius 2 is 1.59 bits per heavy atom. The van der Waals surface area contributed by atoms with Crippen LogP contribution in [-0.2, 0) is 22.3 Å². The molecule has 0 radical (unpaired) electrons. The van der Waals surface area contributed by atoms with Gasteiger partial charge in [-0.2, -0.15) is 31.4 Å². The van der Waals surface area contributed by atoms with Crippen LogP contribution in [0.5, 0.6) is 0 Å². The molecule has 2 aromatic carbocycles. The van der Waals surface area contributed by atoms with Gasteiger partial charge in [0.15, 0.2) is 0 Å². The molecule has 10 heteroatoms. The number of hydrogen-bond donors (Lipinski definition) is 0. The van der Waals surface area contributed by atoms with E-state index in [1.807, 2.05) is 0 Å². The number of aromatic nitrogens is 2. The number of ether oxygens (including phenoxy) is 1. The summed E-state index contributed by atoms with van der Waals surface area (Å²) in [7, 11) is 0. The number of carbonyl (C=O) groups is 1. The lowest BCUT2D eigenvalue weighted by Gasteiger charge is -2.23. The molecule has 0 unspecified atom stereocenters. The van der Waals surface area contributed by atoms with E-state index in [2.05, 4.69) is 16.4 Å². The number of halogens is 6. The number of hydrogen-bond acceptors (Lipinski definition) is 3. The van der Waals surface area contributed by atoms with Crippen molar-refractivity contribution in [1.82, 2.24) is 9.78 Å². The van der Waals surface area contributed by atoms with Crippen LogP contribution in [0.2, 0.25) is 0 Å². The summed E-state index contributed by atoms with van der Waals surface area (Å²) in [5, 5.41) is 5.04. The molecular weight excluding hydrogens is 438 g/mol. The number of nitrogens with zero attached hydrogens (tertiary/aromatic N) is 2. The second-order valence-electron chi connectivity index (χ2n) is 7.79. The summed E-state index contributed by atoms with van der Waals surface area (Å²) in [6.45, 7) is 5.39. The molecule has 0 aliphatic heterocycles. The van der Waals surface area contributed by atoms with Crippen LogP contribution in [0.4, 0.5) is 26.3 Å². The van der Waals surface area contributed by atoms with Gasteiger partial charge in [-0.3, -0.25) is 9.48 Å².